The quantitative estimate of drug-likeness (QED) is 0.610. The molecule has 3 aliphatic carbocycles. The zero-order valence-corrected chi connectivity index (χ0v) is 13.2. The molecule has 0 aromatic heterocycles. The Kier molecular flexibility index (Phi) is 5.27. The fraction of sp³-hybridized carbons (Fsp3) is 1.00. The third kappa shape index (κ3) is 3.64. The molecule has 0 saturated heterocycles. The van der Waals surface area contributed by atoms with Gasteiger partial charge in [0.2, 0.25) is 0 Å². The van der Waals surface area contributed by atoms with Crippen LogP contribution >= 0.6 is 0 Å². The third-order valence-electron chi connectivity index (χ3n) is 6.59. The lowest BCUT2D eigenvalue weighted by molar-refractivity contribution is 0.0209. The largest absolute Gasteiger partial charge is 0.245 e. The molecule has 0 aliphatic heterocycles. The van der Waals surface area contributed by atoms with Gasteiger partial charge in [-0.3, -0.25) is 0 Å². The van der Waals surface area contributed by atoms with Crippen LogP contribution in [0.15, 0.2) is 0 Å². The fourth-order valence-corrected chi connectivity index (χ4v) is 5.24. The van der Waals surface area contributed by atoms with Crippen LogP contribution in [0.5, 0.6) is 0 Å². The van der Waals surface area contributed by atoms with Gasteiger partial charge in [-0.2, -0.15) is 0 Å². The summed E-state index contributed by atoms with van der Waals surface area (Å²) in [4.78, 5) is 0. The van der Waals surface area contributed by atoms with E-state index in [1.54, 1.807) is 0 Å². The van der Waals surface area contributed by atoms with Gasteiger partial charge in [0, 0.05) is 0 Å². The van der Waals surface area contributed by atoms with E-state index in [-0.39, 0.29) is 5.92 Å². The summed E-state index contributed by atoms with van der Waals surface area (Å²) in [5.74, 6) is 1.59. The minimum atomic E-state index is -1.43. The summed E-state index contributed by atoms with van der Waals surface area (Å²) >= 11 is 0. The normalized spacial score (nSPS) is 45.8. The Morgan fingerprint density at radius 1 is 0.714 bits per heavy atom. The van der Waals surface area contributed by atoms with E-state index in [0.29, 0.717) is 12.3 Å². The van der Waals surface area contributed by atoms with Crippen LogP contribution in [-0.2, 0) is 0 Å². The summed E-state index contributed by atoms with van der Waals surface area (Å²) in [7, 11) is 5.66. The molecule has 0 N–H and O–H groups in total. The van der Waals surface area contributed by atoms with Gasteiger partial charge in [0.1, 0.15) is 12.3 Å². The van der Waals surface area contributed by atoms with Crippen LogP contribution in [0.3, 0.4) is 0 Å². The van der Waals surface area contributed by atoms with Crippen molar-refractivity contribution in [1.82, 2.24) is 0 Å². The Labute approximate surface area is 129 Å². The third-order valence-corrected chi connectivity index (χ3v) is 6.59. The molecule has 0 aromatic rings. The molecule has 0 aromatic carbocycles. The summed E-state index contributed by atoms with van der Waals surface area (Å²) in [5.41, 5.74) is 0. The van der Waals surface area contributed by atoms with E-state index in [2.05, 4.69) is 0 Å². The second kappa shape index (κ2) is 7.00. The van der Waals surface area contributed by atoms with Gasteiger partial charge in [0.25, 0.3) is 0 Å². The molecular weight excluding hydrogens is 265 g/mol. The van der Waals surface area contributed by atoms with E-state index in [1.807, 2.05) is 0 Å². The number of hydrogen-bond donors (Lipinski definition) is 0. The van der Waals surface area contributed by atoms with Gasteiger partial charge in [0.05, 0.1) is 7.85 Å². The Hall–Kier alpha value is -0.0751. The van der Waals surface area contributed by atoms with Gasteiger partial charge >= 0.3 is 0 Å². The van der Waals surface area contributed by atoms with Gasteiger partial charge in [-0.1, -0.05) is 44.9 Å². The average Bonchev–Trinajstić information content (AvgIpc) is 2.99. The predicted octanol–water partition coefficient (Wildman–Crippen LogP) is 5.42. The highest BCUT2D eigenvalue weighted by atomic mass is 19.2. The van der Waals surface area contributed by atoms with Crippen LogP contribution in [-0.4, -0.2) is 20.2 Å². The topological polar surface area (TPSA) is 0 Å². The zero-order valence-electron chi connectivity index (χ0n) is 13.2. The van der Waals surface area contributed by atoms with Crippen molar-refractivity contribution >= 4 is 7.85 Å². The van der Waals surface area contributed by atoms with E-state index < -0.39 is 18.2 Å². The smallest absolute Gasteiger partial charge is 0.134 e. The summed E-state index contributed by atoms with van der Waals surface area (Å²) in [6.45, 7) is 0. The van der Waals surface area contributed by atoms with Crippen LogP contribution in [0.4, 0.5) is 8.78 Å². The molecular formula is C18H29BF2. The van der Waals surface area contributed by atoms with E-state index in [4.69, 9.17) is 7.85 Å². The molecule has 0 nitrogen and oxygen atoms in total. The first-order valence-electron chi connectivity index (χ1n) is 9.19. The predicted molar refractivity (Wildman–Crippen MR) is 84.0 cm³/mol. The Balaban J connectivity index is 1.46. The summed E-state index contributed by atoms with van der Waals surface area (Å²) in [6, 6.07) is 0. The van der Waals surface area contributed by atoms with Crippen LogP contribution in [0.25, 0.3) is 0 Å². The van der Waals surface area contributed by atoms with Gasteiger partial charge in [0.15, 0.2) is 0 Å². The lowest BCUT2D eigenvalue weighted by Crippen LogP contribution is -2.40. The molecule has 0 spiro atoms. The molecule has 0 amide bonds. The molecule has 118 valence electrons. The molecule has 3 fully saturated rings. The number of rotatable bonds is 3. The molecule has 3 heteroatoms. The minimum absolute atomic E-state index is 0.0627. The molecule has 0 bridgehead atoms. The second-order valence-electron chi connectivity index (χ2n) is 7.96. The van der Waals surface area contributed by atoms with Crippen molar-refractivity contribution in [2.75, 3.05) is 0 Å². The van der Waals surface area contributed by atoms with E-state index in [1.165, 1.54) is 44.9 Å². The molecule has 0 heterocycles. The highest BCUT2D eigenvalue weighted by Gasteiger charge is 2.42. The van der Waals surface area contributed by atoms with Crippen molar-refractivity contribution in [1.29, 1.82) is 0 Å². The number of halogens is 2. The lowest BCUT2D eigenvalue weighted by Gasteiger charge is -2.41. The van der Waals surface area contributed by atoms with Crippen LogP contribution in [0.2, 0.25) is 5.82 Å². The highest BCUT2D eigenvalue weighted by molar-refractivity contribution is 6.12. The van der Waals surface area contributed by atoms with Crippen molar-refractivity contribution in [3.8, 4) is 0 Å². The Bertz CT molecular complexity index is 321. The fourth-order valence-electron chi connectivity index (χ4n) is 5.24. The maximum Gasteiger partial charge on any atom is 0.134 e. The van der Waals surface area contributed by atoms with Gasteiger partial charge in [-0.25, -0.2) is 8.78 Å². The maximum absolute atomic E-state index is 14.2. The van der Waals surface area contributed by atoms with E-state index >= 15 is 0 Å². The molecule has 4 atom stereocenters. The van der Waals surface area contributed by atoms with Crippen molar-refractivity contribution in [2.45, 2.75) is 88.8 Å². The van der Waals surface area contributed by atoms with Gasteiger partial charge < -0.3 is 0 Å². The summed E-state index contributed by atoms with van der Waals surface area (Å²) < 4.78 is 28.1. The van der Waals surface area contributed by atoms with Crippen LogP contribution in [0.1, 0.15) is 70.6 Å². The first kappa shape index (κ1) is 15.8. The first-order valence-corrected chi connectivity index (χ1v) is 9.19. The number of alkyl halides is 2. The molecule has 3 rings (SSSR count). The molecule has 3 aliphatic rings. The molecule has 2 radical (unpaired) electrons. The van der Waals surface area contributed by atoms with Crippen LogP contribution < -0.4 is 0 Å². The zero-order chi connectivity index (χ0) is 14.8. The molecule has 4 unspecified atom stereocenters. The summed E-state index contributed by atoms with van der Waals surface area (Å²) in [6.07, 6.45) is 10.5. The van der Waals surface area contributed by atoms with Gasteiger partial charge in [-0.15, -0.1) is 0 Å². The molecule has 3 saturated carbocycles. The van der Waals surface area contributed by atoms with E-state index in [9.17, 15) is 8.78 Å². The van der Waals surface area contributed by atoms with Gasteiger partial charge in [-0.05, 0) is 55.2 Å². The minimum Gasteiger partial charge on any atom is -0.245 e. The number of hydrogen-bond acceptors (Lipinski definition) is 0. The summed E-state index contributed by atoms with van der Waals surface area (Å²) in [5, 5.41) is 0. The van der Waals surface area contributed by atoms with Crippen LogP contribution in [0, 0.1) is 23.7 Å². The SMILES string of the molecule is [B]C1CCC(C2CCC(CC3CCCC3)CC2)C(F)C1F. The Morgan fingerprint density at radius 3 is 2.00 bits per heavy atom. The maximum atomic E-state index is 14.2. The average molecular weight is 294 g/mol. The monoisotopic (exact) mass is 294 g/mol. The second-order valence-corrected chi connectivity index (χ2v) is 7.96. The first-order chi connectivity index (χ1) is 10.1. The lowest BCUT2D eigenvalue weighted by atomic mass is 9.63. The Morgan fingerprint density at radius 2 is 1.33 bits per heavy atom. The standard InChI is InChI=1S/C18H29BF2/c19-16-10-9-15(17(20)18(16)21)14-7-5-13(6-8-14)11-12-3-1-2-4-12/h12-18H,1-11H2. The van der Waals surface area contributed by atoms with Crippen molar-refractivity contribution in [3.05, 3.63) is 0 Å². The van der Waals surface area contributed by atoms with Crippen molar-refractivity contribution in [2.24, 2.45) is 23.7 Å². The van der Waals surface area contributed by atoms with E-state index in [0.717, 1.165) is 31.1 Å². The highest BCUT2D eigenvalue weighted by Crippen LogP contribution is 2.46. The van der Waals surface area contributed by atoms with Crippen molar-refractivity contribution in [3.63, 3.8) is 0 Å². The molecule has 21 heavy (non-hydrogen) atoms. The van der Waals surface area contributed by atoms with Crippen molar-refractivity contribution < 1.29 is 8.78 Å².